The standard InChI is InChI=1S/C20H23FN2O3/c1-25-16-9-10-18(19(11-16)26-2)22-20(24)13-23(15-7-8-15)12-14-5-3-4-6-17(14)21/h3-6,9-11,15H,7-8,12-13H2,1-2H3,(H,22,24)/p+1. The Bertz CT molecular complexity index is 777. The van der Waals surface area contributed by atoms with Crippen LogP contribution < -0.4 is 19.7 Å². The highest BCUT2D eigenvalue weighted by Gasteiger charge is 2.35. The average molecular weight is 359 g/mol. The second kappa shape index (κ2) is 8.19. The van der Waals surface area contributed by atoms with Gasteiger partial charge in [0.15, 0.2) is 6.54 Å². The van der Waals surface area contributed by atoms with Crippen molar-refractivity contribution in [2.75, 3.05) is 26.1 Å². The molecule has 1 aliphatic rings. The number of rotatable bonds is 8. The Morgan fingerprint density at radius 3 is 2.62 bits per heavy atom. The molecule has 2 aromatic rings. The van der Waals surface area contributed by atoms with Crippen LogP contribution in [-0.2, 0) is 11.3 Å². The van der Waals surface area contributed by atoms with Gasteiger partial charge in [0.2, 0.25) is 0 Å². The number of carbonyl (C=O) groups excluding carboxylic acids is 1. The molecule has 1 amide bonds. The molecule has 1 saturated carbocycles. The van der Waals surface area contributed by atoms with Crippen LogP contribution in [0.3, 0.4) is 0 Å². The molecule has 2 N–H and O–H groups in total. The van der Waals surface area contributed by atoms with Crippen molar-refractivity contribution in [3.8, 4) is 11.5 Å². The molecule has 0 heterocycles. The number of halogens is 1. The molecule has 1 atom stereocenters. The number of methoxy groups -OCH3 is 2. The quantitative estimate of drug-likeness (QED) is 0.758. The summed E-state index contributed by atoms with van der Waals surface area (Å²) in [6, 6.07) is 12.4. The van der Waals surface area contributed by atoms with Gasteiger partial charge in [-0.25, -0.2) is 4.39 Å². The summed E-state index contributed by atoms with van der Waals surface area (Å²) in [6.45, 7) is 0.790. The van der Waals surface area contributed by atoms with E-state index in [0.29, 0.717) is 35.3 Å². The fraction of sp³-hybridized carbons (Fsp3) is 0.350. The SMILES string of the molecule is COc1ccc(NC(=O)C[NH+](Cc2ccccc2F)C2CC2)c(OC)c1. The van der Waals surface area contributed by atoms with Crippen molar-refractivity contribution in [1.29, 1.82) is 0 Å². The fourth-order valence-corrected chi connectivity index (χ4v) is 3.03. The third-order valence-electron chi connectivity index (χ3n) is 4.60. The van der Waals surface area contributed by atoms with E-state index in [-0.39, 0.29) is 18.3 Å². The van der Waals surface area contributed by atoms with E-state index in [4.69, 9.17) is 9.47 Å². The molecule has 2 aromatic carbocycles. The summed E-state index contributed by atoms with van der Waals surface area (Å²) in [7, 11) is 3.12. The summed E-state index contributed by atoms with van der Waals surface area (Å²) in [4.78, 5) is 13.6. The van der Waals surface area contributed by atoms with Crippen LogP contribution in [0.1, 0.15) is 18.4 Å². The summed E-state index contributed by atoms with van der Waals surface area (Å²) in [6.07, 6.45) is 2.14. The minimum atomic E-state index is -0.220. The van der Waals surface area contributed by atoms with Crippen LogP contribution in [0.4, 0.5) is 10.1 Å². The first-order valence-electron chi connectivity index (χ1n) is 8.70. The highest BCUT2D eigenvalue weighted by molar-refractivity contribution is 5.93. The molecule has 1 aliphatic carbocycles. The van der Waals surface area contributed by atoms with Crippen LogP contribution in [-0.4, -0.2) is 32.7 Å². The van der Waals surface area contributed by atoms with Crippen LogP contribution >= 0.6 is 0 Å². The van der Waals surface area contributed by atoms with Crippen molar-refractivity contribution in [2.24, 2.45) is 0 Å². The van der Waals surface area contributed by atoms with Crippen LogP contribution in [0.15, 0.2) is 42.5 Å². The number of ether oxygens (including phenoxy) is 2. The van der Waals surface area contributed by atoms with Gasteiger partial charge in [-0.2, -0.15) is 0 Å². The topological polar surface area (TPSA) is 52.0 Å². The molecule has 5 nitrogen and oxygen atoms in total. The lowest BCUT2D eigenvalue weighted by atomic mass is 10.2. The van der Waals surface area contributed by atoms with E-state index >= 15 is 0 Å². The van der Waals surface area contributed by atoms with E-state index in [2.05, 4.69) is 5.32 Å². The number of nitrogens with one attached hydrogen (secondary N) is 2. The predicted molar refractivity (Wildman–Crippen MR) is 97.1 cm³/mol. The van der Waals surface area contributed by atoms with Crippen molar-refractivity contribution < 1.29 is 23.6 Å². The Labute approximate surface area is 152 Å². The van der Waals surface area contributed by atoms with Gasteiger partial charge in [-0.3, -0.25) is 4.79 Å². The normalized spacial score (nSPS) is 14.6. The molecule has 26 heavy (non-hydrogen) atoms. The molecule has 6 heteroatoms. The van der Waals surface area contributed by atoms with E-state index in [0.717, 1.165) is 17.7 Å². The van der Waals surface area contributed by atoms with Crippen LogP contribution in [0.2, 0.25) is 0 Å². The molecule has 1 fully saturated rings. The van der Waals surface area contributed by atoms with Crippen molar-refractivity contribution >= 4 is 11.6 Å². The van der Waals surface area contributed by atoms with E-state index in [9.17, 15) is 9.18 Å². The third-order valence-corrected chi connectivity index (χ3v) is 4.60. The van der Waals surface area contributed by atoms with Gasteiger partial charge in [-0.05, 0) is 18.2 Å². The van der Waals surface area contributed by atoms with Gasteiger partial charge in [-0.15, -0.1) is 0 Å². The molecule has 0 saturated heterocycles. The first-order chi connectivity index (χ1) is 12.6. The summed E-state index contributed by atoms with van der Waals surface area (Å²) < 4.78 is 24.4. The zero-order valence-corrected chi connectivity index (χ0v) is 15.0. The van der Waals surface area contributed by atoms with Crippen LogP contribution in [0, 0.1) is 5.82 Å². The zero-order chi connectivity index (χ0) is 18.5. The molecule has 0 spiro atoms. The lowest BCUT2D eigenvalue weighted by molar-refractivity contribution is -0.917. The Morgan fingerprint density at radius 2 is 1.96 bits per heavy atom. The van der Waals surface area contributed by atoms with E-state index in [1.807, 2.05) is 6.07 Å². The highest BCUT2D eigenvalue weighted by atomic mass is 19.1. The lowest BCUT2D eigenvalue weighted by Gasteiger charge is -2.19. The maximum atomic E-state index is 13.9. The summed E-state index contributed by atoms with van der Waals surface area (Å²) in [5.74, 6) is 0.860. The van der Waals surface area contributed by atoms with Crippen LogP contribution in [0.5, 0.6) is 11.5 Å². The molecule has 3 rings (SSSR count). The smallest absolute Gasteiger partial charge is 0.279 e. The number of quaternary nitrogens is 1. The first kappa shape index (κ1) is 18.2. The largest absolute Gasteiger partial charge is 0.497 e. The number of amides is 1. The Hall–Kier alpha value is -2.60. The van der Waals surface area contributed by atoms with Crippen molar-refractivity contribution in [3.05, 3.63) is 53.8 Å². The average Bonchev–Trinajstić information content (AvgIpc) is 3.48. The summed E-state index contributed by atoms with van der Waals surface area (Å²) in [5, 5.41) is 2.89. The molecule has 0 aromatic heterocycles. The van der Waals surface area contributed by atoms with Crippen molar-refractivity contribution in [2.45, 2.75) is 25.4 Å². The maximum absolute atomic E-state index is 13.9. The predicted octanol–water partition coefficient (Wildman–Crippen LogP) is 2.03. The highest BCUT2D eigenvalue weighted by Crippen LogP contribution is 2.28. The van der Waals surface area contributed by atoms with Gasteiger partial charge >= 0.3 is 0 Å². The molecule has 0 aliphatic heterocycles. The minimum absolute atomic E-state index is 0.119. The monoisotopic (exact) mass is 359 g/mol. The van der Waals surface area contributed by atoms with Crippen molar-refractivity contribution in [1.82, 2.24) is 0 Å². The van der Waals surface area contributed by atoms with E-state index < -0.39 is 0 Å². The molecule has 138 valence electrons. The van der Waals surface area contributed by atoms with Gasteiger partial charge in [-0.1, -0.05) is 18.2 Å². The van der Waals surface area contributed by atoms with Gasteiger partial charge in [0.1, 0.15) is 23.9 Å². The fourth-order valence-electron chi connectivity index (χ4n) is 3.03. The number of anilines is 1. The van der Waals surface area contributed by atoms with E-state index in [1.165, 1.54) is 6.07 Å². The maximum Gasteiger partial charge on any atom is 0.279 e. The Morgan fingerprint density at radius 1 is 1.19 bits per heavy atom. The minimum Gasteiger partial charge on any atom is -0.497 e. The van der Waals surface area contributed by atoms with Crippen molar-refractivity contribution in [3.63, 3.8) is 0 Å². The Balaban J connectivity index is 1.66. The molecule has 0 bridgehead atoms. The van der Waals surface area contributed by atoms with E-state index in [1.54, 1.807) is 44.6 Å². The van der Waals surface area contributed by atoms with Crippen LogP contribution in [0.25, 0.3) is 0 Å². The van der Waals surface area contributed by atoms with Gasteiger partial charge in [0, 0.05) is 24.5 Å². The third kappa shape index (κ3) is 4.52. The second-order valence-electron chi connectivity index (χ2n) is 6.49. The zero-order valence-electron chi connectivity index (χ0n) is 15.0. The second-order valence-corrected chi connectivity index (χ2v) is 6.49. The molecular formula is C20H24FN2O3+. The van der Waals surface area contributed by atoms with Gasteiger partial charge in [0.05, 0.1) is 25.9 Å². The Kier molecular flexibility index (Phi) is 5.73. The molecule has 0 radical (unpaired) electrons. The first-order valence-corrected chi connectivity index (χ1v) is 8.70. The number of hydrogen-bond acceptors (Lipinski definition) is 3. The number of hydrogen-bond donors (Lipinski definition) is 2. The lowest BCUT2D eigenvalue weighted by Crippen LogP contribution is -3.13. The number of carbonyl (C=O) groups is 1. The summed E-state index contributed by atoms with van der Waals surface area (Å²) in [5.41, 5.74) is 1.24. The molecular weight excluding hydrogens is 335 g/mol. The summed E-state index contributed by atoms with van der Waals surface area (Å²) >= 11 is 0. The molecule has 1 unspecified atom stereocenters. The van der Waals surface area contributed by atoms with Gasteiger partial charge in [0.25, 0.3) is 5.91 Å². The van der Waals surface area contributed by atoms with Gasteiger partial charge < -0.3 is 19.7 Å². The number of benzene rings is 2.